The van der Waals surface area contributed by atoms with Crippen LogP contribution in [0.3, 0.4) is 0 Å². The van der Waals surface area contributed by atoms with Crippen LogP contribution in [0.5, 0.6) is 0 Å². The molecule has 0 bridgehead atoms. The molecule has 3 aromatic heterocycles. The minimum absolute atomic E-state index is 0.619. The molecule has 5 nitrogen and oxygen atoms in total. The van der Waals surface area contributed by atoms with Crippen LogP contribution in [-0.4, -0.2) is 19.5 Å². The van der Waals surface area contributed by atoms with Crippen LogP contribution in [0, 0.1) is 0 Å². The van der Waals surface area contributed by atoms with E-state index < -0.39 is 0 Å². The highest BCUT2D eigenvalue weighted by molar-refractivity contribution is 6.20. The van der Waals surface area contributed by atoms with Crippen molar-refractivity contribution >= 4 is 54.5 Å². The summed E-state index contributed by atoms with van der Waals surface area (Å²) in [6.45, 7) is 0. The van der Waals surface area contributed by atoms with Crippen LogP contribution in [0.25, 0.3) is 94.4 Å². The lowest BCUT2D eigenvalue weighted by Crippen LogP contribution is -2.00. The normalized spacial score (nSPS) is 11.8. The van der Waals surface area contributed by atoms with E-state index in [1.165, 1.54) is 10.8 Å². The molecule has 0 fully saturated rings. The number of fused-ring (bicyclic) bond motifs is 8. The monoisotopic (exact) mass is 614 g/mol. The first-order valence-corrected chi connectivity index (χ1v) is 16.0. The molecule has 0 spiro atoms. The third kappa shape index (κ3) is 4.01. The summed E-state index contributed by atoms with van der Waals surface area (Å²) in [5.41, 5.74) is 7.78. The molecule has 0 aliphatic carbocycles. The van der Waals surface area contributed by atoms with Gasteiger partial charge in [0.1, 0.15) is 5.58 Å². The molecule has 48 heavy (non-hydrogen) atoms. The lowest BCUT2D eigenvalue weighted by atomic mass is 9.99. The number of aromatic nitrogens is 4. The zero-order chi connectivity index (χ0) is 31.6. The largest absolute Gasteiger partial charge is 0.453 e. The standard InChI is InChI=1S/C43H26N4O/c1-3-14-27(15-4-1)41-44-42(28-16-5-2-6-17-28)46-43(45-41)35-26-34-33-22-13-25-38(40(33)48-39(34)32-21-8-7-18-29(32)35)47-36-23-11-9-19-30(36)31-20-10-12-24-37(31)47/h1-26H. The van der Waals surface area contributed by atoms with Gasteiger partial charge in [-0.1, -0.05) is 133 Å². The van der Waals surface area contributed by atoms with Crippen molar-refractivity contribution in [3.8, 4) is 39.9 Å². The van der Waals surface area contributed by atoms with Gasteiger partial charge in [0.25, 0.3) is 0 Å². The Morgan fingerprint density at radius 2 is 0.854 bits per heavy atom. The van der Waals surface area contributed by atoms with E-state index in [9.17, 15) is 0 Å². The Balaban J connectivity index is 1.27. The maximum atomic E-state index is 6.92. The second-order valence-corrected chi connectivity index (χ2v) is 12.0. The van der Waals surface area contributed by atoms with Gasteiger partial charge in [0.05, 0.1) is 16.7 Å². The zero-order valence-electron chi connectivity index (χ0n) is 25.7. The number of furan rings is 1. The first-order valence-electron chi connectivity index (χ1n) is 16.0. The molecule has 0 unspecified atom stereocenters. The van der Waals surface area contributed by atoms with Crippen LogP contribution in [0.15, 0.2) is 162 Å². The Bertz CT molecular complexity index is 2720. The predicted molar refractivity (Wildman–Crippen MR) is 195 cm³/mol. The summed E-state index contributed by atoms with van der Waals surface area (Å²) in [5, 5.41) is 6.52. The van der Waals surface area contributed by atoms with Gasteiger partial charge in [-0.2, -0.15) is 0 Å². The second-order valence-electron chi connectivity index (χ2n) is 12.0. The highest BCUT2D eigenvalue weighted by atomic mass is 16.3. The summed E-state index contributed by atoms with van der Waals surface area (Å²) < 4.78 is 9.24. The Kier molecular flexibility index (Phi) is 5.81. The number of rotatable bonds is 4. The van der Waals surface area contributed by atoms with Crippen LogP contribution in [0.4, 0.5) is 0 Å². The first kappa shape index (κ1) is 26.6. The predicted octanol–water partition coefficient (Wildman–Crippen LogP) is 11.0. The number of hydrogen-bond donors (Lipinski definition) is 0. The smallest absolute Gasteiger partial charge is 0.164 e. The van der Waals surface area contributed by atoms with Gasteiger partial charge in [-0.3, -0.25) is 0 Å². The van der Waals surface area contributed by atoms with Gasteiger partial charge in [0, 0.05) is 43.6 Å². The molecule has 0 N–H and O–H groups in total. The molecule has 3 heterocycles. The minimum Gasteiger partial charge on any atom is -0.453 e. The quantitative estimate of drug-likeness (QED) is 0.198. The van der Waals surface area contributed by atoms with Gasteiger partial charge >= 0.3 is 0 Å². The van der Waals surface area contributed by atoms with Crippen LogP contribution in [0.1, 0.15) is 0 Å². The average Bonchev–Trinajstić information content (AvgIpc) is 3.71. The van der Waals surface area contributed by atoms with Crippen LogP contribution in [-0.2, 0) is 0 Å². The summed E-state index contributed by atoms with van der Waals surface area (Å²) in [7, 11) is 0. The van der Waals surface area contributed by atoms with Crippen molar-refractivity contribution in [1.82, 2.24) is 19.5 Å². The molecule has 0 radical (unpaired) electrons. The molecular weight excluding hydrogens is 589 g/mol. The van der Waals surface area contributed by atoms with Crippen molar-refractivity contribution in [1.29, 1.82) is 0 Å². The number of para-hydroxylation sites is 3. The van der Waals surface area contributed by atoms with Crippen LogP contribution < -0.4 is 0 Å². The molecule has 224 valence electrons. The van der Waals surface area contributed by atoms with Gasteiger partial charge in [-0.05, 0) is 29.7 Å². The zero-order valence-corrected chi connectivity index (χ0v) is 25.7. The van der Waals surface area contributed by atoms with Crippen LogP contribution in [0.2, 0.25) is 0 Å². The van der Waals surface area contributed by atoms with E-state index in [-0.39, 0.29) is 0 Å². The maximum absolute atomic E-state index is 6.92. The fourth-order valence-corrected chi connectivity index (χ4v) is 7.08. The van der Waals surface area contributed by atoms with Gasteiger partial charge in [0.15, 0.2) is 23.1 Å². The van der Waals surface area contributed by atoms with E-state index in [4.69, 9.17) is 19.4 Å². The molecule has 10 rings (SSSR count). The van der Waals surface area contributed by atoms with Crippen molar-refractivity contribution < 1.29 is 4.42 Å². The molecule has 5 heteroatoms. The van der Waals surface area contributed by atoms with Crippen molar-refractivity contribution in [2.24, 2.45) is 0 Å². The molecule has 7 aromatic carbocycles. The highest BCUT2D eigenvalue weighted by Crippen LogP contribution is 2.42. The van der Waals surface area contributed by atoms with E-state index >= 15 is 0 Å². The van der Waals surface area contributed by atoms with Crippen molar-refractivity contribution in [2.75, 3.05) is 0 Å². The molecule has 0 saturated carbocycles. The lowest BCUT2D eigenvalue weighted by Gasteiger charge is -2.11. The number of nitrogens with zero attached hydrogens (tertiary/aromatic N) is 4. The Morgan fingerprint density at radius 3 is 1.48 bits per heavy atom. The molecule has 0 aliphatic rings. The SMILES string of the molecule is c1ccc(-c2nc(-c3ccccc3)nc(-c3cc4c5cccc(-n6c7ccccc7c7ccccc76)c5oc4c4ccccc34)n2)cc1. The topological polar surface area (TPSA) is 56.7 Å². The Labute approximate surface area is 275 Å². The first-order chi connectivity index (χ1) is 23.8. The molecular formula is C43H26N4O. The van der Waals surface area contributed by atoms with Crippen molar-refractivity contribution in [3.05, 3.63) is 158 Å². The Hall–Kier alpha value is -6.59. The number of benzene rings is 7. The lowest BCUT2D eigenvalue weighted by molar-refractivity contribution is 0.670. The van der Waals surface area contributed by atoms with E-state index in [2.05, 4.69) is 102 Å². The summed E-state index contributed by atoms with van der Waals surface area (Å²) in [4.78, 5) is 15.1. The van der Waals surface area contributed by atoms with E-state index in [0.717, 1.165) is 66.1 Å². The summed E-state index contributed by atoms with van der Waals surface area (Å²) in [5.74, 6) is 1.89. The van der Waals surface area contributed by atoms with Crippen molar-refractivity contribution in [3.63, 3.8) is 0 Å². The molecule has 0 amide bonds. The van der Waals surface area contributed by atoms with Gasteiger partial charge in [-0.15, -0.1) is 0 Å². The van der Waals surface area contributed by atoms with Crippen molar-refractivity contribution in [2.45, 2.75) is 0 Å². The third-order valence-electron chi connectivity index (χ3n) is 9.24. The fraction of sp³-hybridized carbons (Fsp3) is 0. The molecule has 10 aromatic rings. The maximum Gasteiger partial charge on any atom is 0.164 e. The van der Waals surface area contributed by atoms with E-state index in [1.54, 1.807) is 0 Å². The van der Waals surface area contributed by atoms with E-state index in [0.29, 0.717) is 17.5 Å². The molecule has 0 aliphatic heterocycles. The molecule has 0 atom stereocenters. The summed E-state index contributed by atoms with van der Waals surface area (Å²) in [6.07, 6.45) is 0. The third-order valence-corrected chi connectivity index (χ3v) is 9.24. The van der Waals surface area contributed by atoms with E-state index in [1.807, 2.05) is 60.7 Å². The van der Waals surface area contributed by atoms with Crippen LogP contribution >= 0.6 is 0 Å². The second kappa shape index (κ2) is 10.5. The minimum atomic E-state index is 0.619. The highest BCUT2D eigenvalue weighted by Gasteiger charge is 2.21. The fourth-order valence-electron chi connectivity index (χ4n) is 7.08. The average molecular weight is 615 g/mol. The molecule has 0 saturated heterocycles. The Morgan fingerprint density at radius 1 is 0.375 bits per heavy atom. The number of hydrogen-bond acceptors (Lipinski definition) is 4. The van der Waals surface area contributed by atoms with Gasteiger partial charge in [0.2, 0.25) is 0 Å². The van der Waals surface area contributed by atoms with Gasteiger partial charge in [-0.25, -0.2) is 15.0 Å². The summed E-state index contributed by atoms with van der Waals surface area (Å²) in [6, 6.07) is 54.3. The van der Waals surface area contributed by atoms with Gasteiger partial charge < -0.3 is 8.98 Å². The summed E-state index contributed by atoms with van der Waals surface area (Å²) >= 11 is 0.